The van der Waals surface area contributed by atoms with Crippen LogP contribution >= 0.6 is 0 Å². The van der Waals surface area contributed by atoms with E-state index in [1.54, 1.807) is 6.07 Å². The van der Waals surface area contributed by atoms with E-state index >= 15 is 0 Å². The van der Waals surface area contributed by atoms with Crippen molar-refractivity contribution in [2.75, 3.05) is 30.7 Å². The molecule has 0 saturated carbocycles. The zero-order valence-electron chi connectivity index (χ0n) is 23.6. The van der Waals surface area contributed by atoms with E-state index in [1.807, 2.05) is 35.0 Å². The predicted molar refractivity (Wildman–Crippen MR) is 161 cm³/mol. The van der Waals surface area contributed by atoms with E-state index in [1.165, 1.54) is 11.9 Å². The quantitative estimate of drug-likeness (QED) is 0.263. The van der Waals surface area contributed by atoms with Gasteiger partial charge in [0, 0.05) is 35.5 Å². The van der Waals surface area contributed by atoms with Crippen molar-refractivity contribution in [2.24, 2.45) is 5.73 Å². The lowest BCUT2D eigenvalue weighted by molar-refractivity contribution is -0.114. The fourth-order valence-electron chi connectivity index (χ4n) is 5.51. The molecule has 2 amide bonds. The van der Waals surface area contributed by atoms with Crippen LogP contribution in [0.15, 0.2) is 60.9 Å². The number of fused-ring (bicyclic) bond motifs is 1. The molecule has 2 aromatic carbocycles. The van der Waals surface area contributed by atoms with Gasteiger partial charge in [-0.2, -0.15) is 5.10 Å². The first-order valence-electron chi connectivity index (χ1n) is 13.9. The molecule has 0 spiro atoms. The van der Waals surface area contributed by atoms with E-state index in [0.717, 1.165) is 49.0 Å². The van der Waals surface area contributed by atoms with Gasteiger partial charge in [0.05, 0.1) is 11.4 Å². The molecule has 5 N–H and O–H groups in total. The second-order valence-electron chi connectivity index (χ2n) is 10.7. The summed E-state index contributed by atoms with van der Waals surface area (Å²) in [7, 11) is 0. The highest BCUT2D eigenvalue weighted by Gasteiger charge is 2.27. The summed E-state index contributed by atoms with van der Waals surface area (Å²) in [6, 6.07) is 13.4. The van der Waals surface area contributed by atoms with Crippen LogP contribution in [0.5, 0.6) is 0 Å². The van der Waals surface area contributed by atoms with E-state index in [0.29, 0.717) is 46.8 Å². The van der Waals surface area contributed by atoms with Gasteiger partial charge in [0.15, 0.2) is 5.65 Å². The first kappa shape index (κ1) is 28.0. The Hall–Kier alpha value is -4.57. The summed E-state index contributed by atoms with van der Waals surface area (Å²) in [5.74, 6) is -0.379. The number of anilines is 2. The number of hydrogen-bond donors (Lipinski definition) is 3. The molecule has 10 nitrogen and oxygen atoms in total. The Morgan fingerprint density at radius 2 is 2.00 bits per heavy atom. The molecule has 0 unspecified atom stereocenters. The molecule has 0 radical (unpaired) electrons. The van der Waals surface area contributed by atoms with Crippen molar-refractivity contribution in [3.8, 4) is 11.3 Å². The third kappa shape index (κ3) is 5.97. The van der Waals surface area contributed by atoms with Crippen molar-refractivity contribution in [3.63, 3.8) is 0 Å². The number of nitrogens with zero attached hydrogens (tertiary/aromatic N) is 5. The SMILES string of the molecule is C=C(CN1CCC[C@@H](n2nc(-c3cccc(C(=O)Nc4ccc(CCC)c(C)c4)c3)c3c(N)ncnc32)C1)C(N)=O. The van der Waals surface area contributed by atoms with Crippen LogP contribution in [0.1, 0.15) is 53.7 Å². The molecule has 1 aliphatic heterocycles. The van der Waals surface area contributed by atoms with Crippen molar-refractivity contribution < 1.29 is 9.59 Å². The monoisotopic (exact) mass is 552 g/mol. The summed E-state index contributed by atoms with van der Waals surface area (Å²) < 4.78 is 1.90. The fraction of sp³-hybridized carbons (Fsp3) is 0.323. The Morgan fingerprint density at radius 3 is 2.76 bits per heavy atom. The summed E-state index contributed by atoms with van der Waals surface area (Å²) in [4.78, 5) is 35.7. The minimum Gasteiger partial charge on any atom is -0.383 e. The number of benzene rings is 2. The number of nitrogens with two attached hydrogens (primary N) is 2. The van der Waals surface area contributed by atoms with Gasteiger partial charge in [-0.3, -0.25) is 14.5 Å². The fourth-order valence-corrected chi connectivity index (χ4v) is 5.51. The van der Waals surface area contributed by atoms with Crippen molar-refractivity contribution in [3.05, 3.63) is 77.6 Å². The molecule has 0 bridgehead atoms. The maximum Gasteiger partial charge on any atom is 0.255 e. The van der Waals surface area contributed by atoms with E-state index in [2.05, 4.69) is 46.7 Å². The number of carbonyl (C=O) groups excluding carboxylic acids is 2. The Balaban J connectivity index is 1.44. The molecular formula is C31H36N8O2. The number of likely N-dealkylation sites (tertiary alicyclic amines) is 1. The Morgan fingerprint density at radius 1 is 1.17 bits per heavy atom. The van der Waals surface area contributed by atoms with Gasteiger partial charge < -0.3 is 16.8 Å². The van der Waals surface area contributed by atoms with E-state index in [4.69, 9.17) is 16.6 Å². The summed E-state index contributed by atoms with van der Waals surface area (Å²) in [6.07, 6.45) is 5.33. The number of nitrogen functional groups attached to an aromatic ring is 1. The molecule has 10 heteroatoms. The standard InChI is InChI=1S/C31H36N8O2/c1-4-7-21-11-12-24(14-19(21)2)36-31(41)23-9-5-8-22(15-23)27-26-28(32)34-18-35-30(26)39(37-27)25-10-6-13-38(17-25)16-20(3)29(33)40/h5,8-9,11-12,14-15,18,25H,3-4,6-7,10,13,16-17H2,1-2H3,(H2,33,40)(H,36,41)(H2,32,34,35)/t25-/m1/s1. The van der Waals surface area contributed by atoms with Gasteiger partial charge in [-0.15, -0.1) is 0 Å². The normalized spacial score (nSPS) is 15.6. The van der Waals surface area contributed by atoms with Crippen LogP contribution < -0.4 is 16.8 Å². The molecule has 4 aromatic rings. The van der Waals surface area contributed by atoms with Gasteiger partial charge in [0.1, 0.15) is 17.8 Å². The van der Waals surface area contributed by atoms with Crippen molar-refractivity contribution in [1.82, 2.24) is 24.6 Å². The molecular weight excluding hydrogens is 516 g/mol. The Bertz CT molecular complexity index is 1630. The number of aromatic nitrogens is 4. The molecule has 212 valence electrons. The van der Waals surface area contributed by atoms with Crippen LogP contribution in [-0.4, -0.2) is 56.1 Å². The molecule has 1 saturated heterocycles. The van der Waals surface area contributed by atoms with Gasteiger partial charge in [0.25, 0.3) is 5.91 Å². The second kappa shape index (κ2) is 11.9. The van der Waals surface area contributed by atoms with E-state index in [9.17, 15) is 9.59 Å². The van der Waals surface area contributed by atoms with Gasteiger partial charge >= 0.3 is 0 Å². The first-order valence-corrected chi connectivity index (χ1v) is 13.9. The predicted octanol–water partition coefficient (Wildman–Crippen LogP) is 4.27. The van der Waals surface area contributed by atoms with Crippen LogP contribution in [0.4, 0.5) is 11.5 Å². The number of hydrogen-bond acceptors (Lipinski definition) is 7. The first-order chi connectivity index (χ1) is 19.7. The van der Waals surface area contributed by atoms with Crippen LogP contribution in [0.3, 0.4) is 0 Å². The van der Waals surface area contributed by atoms with Crippen molar-refractivity contribution in [2.45, 2.75) is 45.6 Å². The molecule has 1 fully saturated rings. The minimum absolute atomic E-state index is 0.000349. The van der Waals surface area contributed by atoms with Gasteiger partial charge in [-0.25, -0.2) is 14.6 Å². The Kier molecular flexibility index (Phi) is 8.11. The number of aryl methyl sites for hydroxylation is 2. The molecule has 0 aliphatic carbocycles. The lowest BCUT2D eigenvalue weighted by atomic mass is 10.0. The van der Waals surface area contributed by atoms with Crippen LogP contribution in [0, 0.1) is 6.92 Å². The topological polar surface area (TPSA) is 145 Å². The molecule has 2 aromatic heterocycles. The number of piperidine rings is 1. The average molecular weight is 553 g/mol. The number of nitrogens with one attached hydrogen (secondary N) is 1. The maximum absolute atomic E-state index is 13.2. The van der Waals surface area contributed by atoms with Gasteiger partial charge in [-0.05, 0) is 68.1 Å². The van der Waals surface area contributed by atoms with Crippen LogP contribution in [0.25, 0.3) is 22.3 Å². The number of amides is 2. The van der Waals surface area contributed by atoms with Crippen LogP contribution in [-0.2, 0) is 11.2 Å². The van der Waals surface area contributed by atoms with Crippen LogP contribution in [0.2, 0.25) is 0 Å². The third-order valence-electron chi connectivity index (χ3n) is 7.63. The zero-order valence-corrected chi connectivity index (χ0v) is 23.6. The summed E-state index contributed by atoms with van der Waals surface area (Å²) in [6.45, 7) is 9.93. The highest BCUT2D eigenvalue weighted by Crippen LogP contribution is 2.34. The number of primary amides is 1. The van der Waals surface area contributed by atoms with Crippen molar-refractivity contribution >= 4 is 34.4 Å². The average Bonchev–Trinajstić information content (AvgIpc) is 3.36. The molecule has 41 heavy (non-hydrogen) atoms. The summed E-state index contributed by atoms with van der Waals surface area (Å²) in [5.41, 5.74) is 17.8. The zero-order chi connectivity index (χ0) is 29.1. The molecule has 5 rings (SSSR count). The molecule has 1 aliphatic rings. The Labute approximate surface area is 239 Å². The van der Waals surface area contributed by atoms with Crippen molar-refractivity contribution in [1.29, 1.82) is 0 Å². The highest BCUT2D eigenvalue weighted by atomic mass is 16.2. The number of rotatable bonds is 9. The smallest absolute Gasteiger partial charge is 0.255 e. The van der Waals surface area contributed by atoms with Gasteiger partial charge in [-0.1, -0.05) is 38.1 Å². The van der Waals surface area contributed by atoms with E-state index < -0.39 is 5.91 Å². The van der Waals surface area contributed by atoms with Gasteiger partial charge in [0.2, 0.25) is 5.91 Å². The summed E-state index contributed by atoms with van der Waals surface area (Å²) >= 11 is 0. The lowest BCUT2D eigenvalue weighted by Crippen LogP contribution is -2.39. The third-order valence-corrected chi connectivity index (χ3v) is 7.63. The maximum atomic E-state index is 13.2. The summed E-state index contributed by atoms with van der Waals surface area (Å²) in [5, 5.41) is 8.64. The molecule has 3 heterocycles. The lowest BCUT2D eigenvalue weighted by Gasteiger charge is -2.33. The largest absolute Gasteiger partial charge is 0.383 e. The number of carbonyl (C=O) groups is 2. The minimum atomic E-state index is -0.493. The van der Waals surface area contributed by atoms with E-state index in [-0.39, 0.29) is 11.9 Å². The highest BCUT2D eigenvalue weighted by molar-refractivity contribution is 6.06. The molecule has 1 atom stereocenters. The second-order valence-corrected chi connectivity index (χ2v) is 10.7.